The second-order valence-corrected chi connectivity index (χ2v) is 4.18. The molecule has 0 atom stereocenters. The number of hydrogen-bond donors (Lipinski definition) is 1. The molecule has 2 rings (SSSR count). The van der Waals surface area contributed by atoms with Crippen LogP contribution in [0.4, 0.5) is 8.78 Å². The van der Waals surface area contributed by atoms with Crippen molar-refractivity contribution in [2.75, 3.05) is 6.54 Å². The van der Waals surface area contributed by atoms with E-state index < -0.39 is 5.82 Å². The first-order valence-corrected chi connectivity index (χ1v) is 6.12. The first kappa shape index (κ1) is 13.4. The first-order chi connectivity index (χ1) is 9.25. The number of benzene rings is 2. The molecular weight excluding hydrogens is 244 g/mol. The van der Waals surface area contributed by atoms with E-state index in [4.69, 9.17) is 0 Å². The van der Waals surface area contributed by atoms with Gasteiger partial charge in [-0.05, 0) is 23.8 Å². The molecule has 0 aliphatic heterocycles. The molecule has 3 heteroatoms. The maximum absolute atomic E-state index is 13.3. The van der Waals surface area contributed by atoms with Crippen molar-refractivity contribution in [1.82, 2.24) is 5.32 Å². The third-order valence-corrected chi connectivity index (χ3v) is 2.70. The summed E-state index contributed by atoms with van der Waals surface area (Å²) < 4.78 is 26.3. The van der Waals surface area contributed by atoms with E-state index in [1.807, 2.05) is 42.5 Å². The second kappa shape index (κ2) is 6.81. The van der Waals surface area contributed by atoms with Gasteiger partial charge in [-0.15, -0.1) is 0 Å². The lowest BCUT2D eigenvalue weighted by Crippen LogP contribution is -2.14. The van der Waals surface area contributed by atoms with Gasteiger partial charge in [0.1, 0.15) is 11.6 Å². The van der Waals surface area contributed by atoms with E-state index in [9.17, 15) is 8.78 Å². The molecule has 0 aliphatic carbocycles. The molecule has 0 saturated heterocycles. The summed E-state index contributed by atoms with van der Waals surface area (Å²) in [6.45, 7) is 0.910. The largest absolute Gasteiger partial charge is 0.309 e. The van der Waals surface area contributed by atoms with Crippen LogP contribution in [0.15, 0.2) is 54.6 Å². The Morgan fingerprint density at radius 2 is 1.79 bits per heavy atom. The second-order valence-electron chi connectivity index (χ2n) is 4.18. The van der Waals surface area contributed by atoms with Crippen LogP contribution >= 0.6 is 0 Å². The molecular formula is C16H15F2N. The number of halogens is 2. The third-order valence-electron chi connectivity index (χ3n) is 2.70. The summed E-state index contributed by atoms with van der Waals surface area (Å²) in [4.78, 5) is 0. The Morgan fingerprint density at radius 1 is 1.00 bits per heavy atom. The van der Waals surface area contributed by atoms with E-state index in [0.29, 0.717) is 18.7 Å². The predicted octanol–water partition coefficient (Wildman–Crippen LogP) is 3.77. The van der Waals surface area contributed by atoms with Gasteiger partial charge in [0.25, 0.3) is 0 Å². The molecule has 0 fully saturated rings. The lowest BCUT2D eigenvalue weighted by Gasteiger charge is -2.03. The lowest BCUT2D eigenvalue weighted by molar-refractivity contribution is 0.575. The Bertz CT molecular complexity index is 550. The van der Waals surface area contributed by atoms with E-state index in [-0.39, 0.29) is 5.82 Å². The first-order valence-electron chi connectivity index (χ1n) is 6.12. The molecule has 0 bridgehead atoms. The van der Waals surface area contributed by atoms with Crippen molar-refractivity contribution >= 4 is 6.08 Å². The number of nitrogens with one attached hydrogen (secondary N) is 1. The van der Waals surface area contributed by atoms with Gasteiger partial charge in [-0.3, -0.25) is 0 Å². The molecule has 2 aromatic rings. The van der Waals surface area contributed by atoms with Crippen molar-refractivity contribution in [3.8, 4) is 0 Å². The van der Waals surface area contributed by atoms with Crippen LogP contribution in [0.1, 0.15) is 11.1 Å². The highest BCUT2D eigenvalue weighted by Crippen LogP contribution is 2.09. The van der Waals surface area contributed by atoms with Gasteiger partial charge in [0, 0.05) is 18.7 Å². The van der Waals surface area contributed by atoms with Crippen LogP contribution in [0.2, 0.25) is 0 Å². The van der Waals surface area contributed by atoms with Gasteiger partial charge < -0.3 is 5.32 Å². The highest BCUT2D eigenvalue weighted by molar-refractivity contribution is 5.48. The molecule has 0 heterocycles. The average Bonchev–Trinajstić information content (AvgIpc) is 2.43. The number of rotatable bonds is 5. The SMILES string of the molecule is Fc1ccc(F)c(CNCC=Cc2ccccc2)c1. The maximum atomic E-state index is 13.3. The summed E-state index contributed by atoms with van der Waals surface area (Å²) in [5, 5.41) is 3.05. The van der Waals surface area contributed by atoms with Gasteiger partial charge in [0.2, 0.25) is 0 Å². The van der Waals surface area contributed by atoms with E-state index >= 15 is 0 Å². The zero-order valence-electron chi connectivity index (χ0n) is 10.4. The monoisotopic (exact) mass is 259 g/mol. The van der Waals surface area contributed by atoms with Crippen LogP contribution in [0.3, 0.4) is 0 Å². The van der Waals surface area contributed by atoms with E-state index in [0.717, 1.165) is 17.7 Å². The summed E-state index contributed by atoms with van der Waals surface area (Å²) in [5.41, 5.74) is 1.45. The fraction of sp³-hybridized carbons (Fsp3) is 0.125. The smallest absolute Gasteiger partial charge is 0.127 e. The highest BCUT2D eigenvalue weighted by atomic mass is 19.1. The summed E-state index contributed by atoms with van der Waals surface area (Å²) in [7, 11) is 0. The summed E-state index contributed by atoms with van der Waals surface area (Å²) in [6.07, 6.45) is 3.93. The zero-order valence-corrected chi connectivity index (χ0v) is 10.4. The Labute approximate surface area is 111 Å². The average molecular weight is 259 g/mol. The Kier molecular flexibility index (Phi) is 4.81. The quantitative estimate of drug-likeness (QED) is 0.806. The molecule has 2 aromatic carbocycles. The van der Waals surface area contributed by atoms with Gasteiger partial charge >= 0.3 is 0 Å². The molecule has 0 aromatic heterocycles. The summed E-state index contributed by atoms with van der Waals surface area (Å²) in [5.74, 6) is -0.807. The van der Waals surface area contributed by atoms with Crippen LogP contribution in [-0.2, 0) is 6.54 Å². The lowest BCUT2D eigenvalue weighted by atomic mass is 10.2. The maximum Gasteiger partial charge on any atom is 0.127 e. The van der Waals surface area contributed by atoms with Gasteiger partial charge in [0.15, 0.2) is 0 Å². The van der Waals surface area contributed by atoms with Crippen LogP contribution in [0.25, 0.3) is 6.08 Å². The van der Waals surface area contributed by atoms with E-state index in [2.05, 4.69) is 5.32 Å². The van der Waals surface area contributed by atoms with Crippen LogP contribution in [0, 0.1) is 11.6 Å². The molecule has 0 amide bonds. The molecule has 19 heavy (non-hydrogen) atoms. The molecule has 0 saturated carbocycles. The zero-order chi connectivity index (χ0) is 13.5. The van der Waals surface area contributed by atoms with Gasteiger partial charge in [-0.1, -0.05) is 42.5 Å². The van der Waals surface area contributed by atoms with Crippen molar-refractivity contribution in [3.05, 3.63) is 77.4 Å². The van der Waals surface area contributed by atoms with Crippen molar-refractivity contribution in [2.45, 2.75) is 6.54 Å². The van der Waals surface area contributed by atoms with Crippen molar-refractivity contribution in [2.24, 2.45) is 0 Å². The molecule has 0 radical (unpaired) electrons. The molecule has 1 nitrogen and oxygen atoms in total. The minimum absolute atomic E-state index is 0.308. The topological polar surface area (TPSA) is 12.0 Å². The predicted molar refractivity (Wildman–Crippen MR) is 73.5 cm³/mol. The molecule has 98 valence electrons. The van der Waals surface area contributed by atoms with Crippen molar-refractivity contribution in [1.29, 1.82) is 0 Å². The molecule has 1 N–H and O–H groups in total. The summed E-state index contributed by atoms with van der Waals surface area (Å²) in [6, 6.07) is 13.4. The van der Waals surface area contributed by atoms with E-state index in [1.165, 1.54) is 6.07 Å². The van der Waals surface area contributed by atoms with Crippen molar-refractivity contribution < 1.29 is 8.78 Å². The van der Waals surface area contributed by atoms with Gasteiger partial charge in [-0.25, -0.2) is 8.78 Å². The van der Waals surface area contributed by atoms with Crippen LogP contribution < -0.4 is 5.32 Å². The standard InChI is InChI=1S/C16H15F2N/c17-15-8-9-16(18)14(11-15)12-19-10-4-7-13-5-2-1-3-6-13/h1-9,11,19H,10,12H2. The van der Waals surface area contributed by atoms with Crippen molar-refractivity contribution in [3.63, 3.8) is 0 Å². The van der Waals surface area contributed by atoms with Gasteiger partial charge in [0.05, 0.1) is 0 Å². The third kappa shape index (κ3) is 4.30. The van der Waals surface area contributed by atoms with Crippen LogP contribution in [-0.4, -0.2) is 6.54 Å². The molecule has 0 unspecified atom stereocenters. The van der Waals surface area contributed by atoms with Crippen LogP contribution in [0.5, 0.6) is 0 Å². The van der Waals surface area contributed by atoms with E-state index in [1.54, 1.807) is 0 Å². The Hall–Kier alpha value is -2.00. The minimum Gasteiger partial charge on any atom is -0.309 e. The van der Waals surface area contributed by atoms with Gasteiger partial charge in [-0.2, -0.15) is 0 Å². The fourth-order valence-electron chi connectivity index (χ4n) is 1.73. The minimum atomic E-state index is -0.418. The molecule has 0 spiro atoms. The Balaban J connectivity index is 1.81. The number of hydrogen-bond acceptors (Lipinski definition) is 1. The fourth-order valence-corrected chi connectivity index (χ4v) is 1.73. The Morgan fingerprint density at radius 3 is 2.58 bits per heavy atom. The molecule has 0 aliphatic rings. The normalized spacial score (nSPS) is 11.1. The summed E-state index contributed by atoms with van der Waals surface area (Å²) >= 11 is 0. The highest BCUT2D eigenvalue weighted by Gasteiger charge is 2.02.